The van der Waals surface area contributed by atoms with E-state index in [0.29, 0.717) is 22.6 Å². The maximum absolute atomic E-state index is 12.4. The van der Waals surface area contributed by atoms with E-state index in [1.165, 1.54) is 13.2 Å². The molecule has 0 saturated carbocycles. The van der Waals surface area contributed by atoms with Gasteiger partial charge in [-0.05, 0) is 54.5 Å². The highest BCUT2D eigenvalue weighted by Gasteiger charge is 2.12. The summed E-state index contributed by atoms with van der Waals surface area (Å²) in [7, 11) is 2.87. The number of nitrogens with zero attached hydrogens (tertiary/aromatic N) is 1. The number of methoxy groups -OCH3 is 2. The molecule has 0 bridgehead atoms. The van der Waals surface area contributed by atoms with Gasteiger partial charge in [0.25, 0.3) is 5.91 Å². The first-order chi connectivity index (χ1) is 12.5. The molecule has 1 amide bonds. The number of anilines is 1. The molecule has 132 valence electrons. The zero-order chi connectivity index (χ0) is 19.1. The van der Waals surface area contributed by atoms with E-state index >= 15 is 0 Å². The van der Waals surface area contributed by atoms with Crippen LogP contribution in [0.1, 0.15) is 21.5 Å². The van der Waals surface area contributed by atoms with Crippen LogP contribution in [0.4, 0.5) is 5.69 Å². The molecule has 26 heavy (non-hydrogen) atoms. The van der Waals surface area contributed by atoms with Gasteiger partial charge in [0.2, 0.25) is 0 Å². The van der Waals surface area contributed by atoms with Crippen LogP contribution in [0.5, 0.6) is 5.75 Å². The molecule has 0 aliphatic heterocycles. The first-order valence-corrected chi connectivity index (χ1v) is 7.74. The van der Waals surface area contributed by atoms with E-state index in [4.69, 9.17) is 4.74 Å². The Morgan fingerprint density at radius 2 is 1.81 bits per heavy atom. The van der Waals surface area contributed by atoms with Crippen LogP contribution in [-0.2, 0) is 9.53 Å². The Hall–Kier alpha value is -3.59. The molecule has 0 radical (unpaired) electrons. The van der Waals surface area contributed by atoms with Gasteiger partial charge in [-0.25, -0.2) is 4.79 Å². The first kappa shape index (κ1) is 18.7. The lowest BCUT2D eigenvalue weighted by atomic mass is 10.1. The molecule has 0 fully saturated rings. The standard InChI is InChI=1S/C20H18N2O4/c1-13-10-17(25-2)8-9-18(13)22-19(23)16(12-21)11-14-4-6-15(7-5-14)20(24)26-3/h4-11H,1-3H3,(H,22,23)/b16-11+. The van der Waals surface area contributed by atoms with Gasteiger partial charge in [0, 0.05) is 5.69 Å². The topological polar surface area (TPSA) is 88.4 Å². The van der Waals surface area contributed by atoms with Crippen molar-refractivity contribution in [3.05, 3.63) is 64.7 Å². The average Bonchev–Trinajstić information content (AvgIpc) is 2.67. The van der Waals surface area contributed by atoms with Crippen LogP contribution in [0.2, 0.25) is 0 Å². The number of carbonyl (C=O) groups is 2. The molecular weight excluding hydrogens is 332 g/mol. The summed E-state index contributed by atoms with van der Waals surface area (Å²) in [5, 5.41) is 12.0. The highest BCUT2D eigenvalue weighted by atomic mass is 16.5. The molecule has 0 saturated heterocycles. The molecular formula is C20H18N2O4. The number of nitriles is 1. The van der Waals surface area contributed by atoms with E-state index in [-0.39, 0.29) is 5.57 Å². The Labute approximate surface area is 151 Å². The summed E-state index contributed by atoms with van der Waals surface area (Å²) in [6.45, 7) is 1.83. The fraction of sp³-hybridized carbons (Fsp3) is 0.150. The number of rotatable bonds is 5. The second-order valence-corrected chi connectivity index (χ2v) is 5.42. The van der Waals surface area contributed by atoms with Gasteiger partial charge in [-0.3, -0.25) is 4.79 Å². The first-order valence-electron chi connectivity index (χ1n) is 7.74. The van der Waals surface area contributed by atoms with E-state index in [9.17, 15) is 14.9 Å². The van der Waals surface area contributed by atoms with Gasteiger partial charge in [-0.15, -0.1) is 0 Å². The summed E-state index contributed by atoms with van der Waals surface area (Å²) in [5.74, 6) is -0.284. The van der Waals surface area contributed by atoms with Crippen LogP contribution in [0, 0.1) is 18.3 Å². The number of hydrogen-bond acceptors (Lipinski definition) is 5. The number of carbonyl (C=O) groups excluding carboxylic acids is 2. The molecule has 0 unspecified atom stereocenters. The Bertz CT molecular complexity index is 893. The Balaban J connectivity index is 2.19. The normalized spacial score (nSPS) is 10.6. The lowest BCUT2D eigenvalue weighted by molar-refractivity contribution is -0.112. The number of aryl methyl sites for hydroxylation is 1. The fourth-order valence-corrected chi connectivity index (χ4v) is 2.24. The highest BCUT2D eigenvalue weighted by Crippen LogP contribution is 2.21. The molecule has 0 atom stereocenters. The van der Waals surface area contributed by atoms with Crippen molar-refractivity contribution in [3.8, 4) is 11.8 Å². The van der Waals surface area contributed by atoms with Gasteiger partial charge < -0.3 is 14.8 Å². The van der Waals surface area contributed by atoms with Crippen molar-refractivity contribution in [3.63, 3.8) is 0 Å². The molecule has 6 heteroatoms. The number of nitrogens with one attached hydrogen (secondary N) is 1. The van der Waals surface area contributed by atoms with Gasteiger partial charge >= 0.3 is 5.97 Å². The number of esters is 1. The maximum atomic E-state index is 12.4. The maximum Gasteiger partial charge on any atom is 0.337 e. The van der Waals surface area contributed by atoms with Gasteiger partial charge in [0.15, 0.2) is 0 Å². The highest BCUT2D eigenvalue weighted by molar-refractivity contribution is 6.10. The lowest BCUT2D eigenvalue weighted by Crippen LogP contribution is -2.14. The van der Waals surface area contributed by atoms with Crippen LogP contribution < -0.4 is 10.1 Å². The lowest BCUT2D eigenvalue weighted by Gasteiger charge is -2.09. The van der Waals surface area contributed by atoms with Crippen LogP contribution >= 0.6 is 0 Å². The van der Waals surface area contributed by atoms with Gasteiger partial charge in [0.1, 0.15) is 17.4 Å². The number of ether oxygens (including phenoxy) is 2. The molecule has 0 aliphatic rings. The summed E-state index contributed by atoms with van der Waals surface area (Å²) in [5.41, 5.74) is 2.37. The molecule has 2 aromatic carbocycles. The van der Waals surface area contributed by atoms with Crippen molar-refractivity contribution in [1.29, 1.82) is 5.26 Å². The SMILES string of the molecule is COC(=O)c1ccc(/C=C(\C#N)C(=O)Nc2ccc(OC)cc2C)cc1. The minimum absolute atomic E-state index is 0.0500. The number of hydrogen-bond donors (Lipinski definition) is 1. The van der Waals surface area contributed by atoms with Crippen LogP contribution in [0.15, 0.2) is 48.0 Å². The van der Waals surface area contributed by atoms with Crippen molar-refractivity contribution in [2.75, 3.05) is 19.5 Å². The van der Waals surface area contributed by atoms with Crippen LogP contribution in [-0.4, -0.2) is 26.1 Å². The molecule has 0 heterocycles. The van der Waals surface area contributed by atoms with Crippen LogP contribution in [0.3, 0.4) is 0 Å². The molecule has 0 spiro atoms. The van der Waals surface area contributed by atoms with Crippen molar-refractivity contribution >= 4 is 23.6 Å². The summed E-state index contributed by atoms with van der Waals surface area (Å²) in [6.07, 6.45) is 1.45. The number of benzene rings is 2. The monoisotopic (exact) mass is 350 g/mol. The minimum atomic E-state index is -0.516. The largest absolute Gasteiger partial charge is 0.497 e. The molecule has 1 N–H and O–H groups in total. The predicted octanol–water partition coefficient (Wildman–Crippen LogP) is 3.34. The summed E-state index contributed by atoms with van der Waals surface area (Å²) in [4.78, 5) is 23.8. The zero-order valence-electron chi connectivity index (χ0n) is 14.7. The Kier molecular flexibility index (Phi) is 6.12. The average molecular weight is 350 g/mol. The Morgan fingerprint density at radius 1 is 1.12 bits per heavy atom. The minimum Gasteiger partial charge on any atom is -0.497 e. The van der Waals surface area contributed by atoms with Crippen molar-refractivity contribution in [1.82, 2.24) is 0 Å². The van der Waals surface area contributed by atoms with Crippen molar-refractivity contribution < 1.29 is 19.1 Å². The van der Waals surface area contributed by atoms with Crippen LogP contribution in [0.25, 0.3) is 6.08 Å². The molecule has 6 nitrogen and oxygen atoms in total. The summed E-state index contributed by atoms with van der Waals surface area (Å²) < 4.78 is 9.76. The third-order valence-electron chi connectivity index (χ3n) is 3.69. The Morgan fingerprint density at radius 3 is 2.35 bits per heavy atom. The quantitative estimate of drug-likeness (QED) is 0.507. The second kappa shape index (κ2) is 8.49. The summed E-state index contributed by atoms with van der Waals surface area (Å²) in [6, 6.07) is 13.5. The molecule has 2 aromatic rings. The third-order valence-corrected chi connectivity index (χ3v) is 3.69. The van der Waals surface area contributed by atoms with Gasteiger partial charge in [-0.2, -0.15) is 5.26 Å². The van der Waals surface area contributed by atoms with E-state index in [0.717, 1.165) is 5.56 Å². The molecule has 0 aliphatic carbocycles. The van der Waals surface area contributed by atoms with E-state index in [1.54, 1.807) is 49.6 Å². The van der Waals surface area contributed by atoms with E-state index < -0.39 is 11.9 Å². The van der Waals surface area contributed by atoms with Crippen molar-refractivity contribution in [2.24, 2.45) is 0 Å². The zero-order valence-corrected chi connectivity index (χ0v) is 14.7. The second-order valence-electron chi connectivity index (χ2n) is 5.42. The number of amides is 1. The van der Waals surface area contributed by atoms with Gasteiger partial charge in [0.05, 0.1) is 19.8 Å². The van der Waals surface area contributed by atoms with E-state index in [2.05, 4.69) is 10.1 Å². The third kappa shape index (κ3) is 4.48. The van der Waals surface area contributed by atoms with E-state index in [1.807, 2.05) is 13.0 Å². The predicted molar refractivity (Wildman–Crippen MR) is 97.7 cm³/mol. The fourth-order valence-electron chi connectivity index (χ4n) is 2.24. The summed E-state index contributed by atoms with van der Waals surface area (Å²) >= 11 is 0. The van der Waals surface area contributed by atoms with Crippen molar-refractivity contribution in [2.45, 2.75) is 6.92 Å². The molecule has 0 aromatic heterocycles. The smallest absolute Gasteiger partial charge is 0.337 e. The van der Waals surface area contributed by atoms with Gasteiger partial charge in [-0.1, -0.05) is 12.1 Å². The molecule has 2 rings (SSSR count).